The molecule has 3 atom stereocenters. The Kier molecular flexibility index (Phi) is 11.8. The predicted octanol–water partition coefficient (Wildman–Crippen LogP) is 2.72. The van der Waals surface area contributed by atoms with Crippen LogP contribution < -0.4 is 21.3 Å². The third-order valence-electron chi connectivity index (χ3n) is 7.11. The topological polar surface area (TPSA) is 194 Å². The lowest BCUT2D eigenvalue weighted by atomic mass is 10.00. The van der Waals surface area contributed by atoms with Crippen LogP contribution in [-0.4, -0.2) is 68.6 Å². The highest BCUT2D eigenvalue weighted by Gasteiger charge is 2.35. The second kappa shape index (κ2) is 15.5. The highest BCUT2D eigenvalue weighted by molar-refractivity contribution is 6.00. The number of aliphatic carboxylic acids is 1. The Balaban J connectivity index is 1.68. The summed E-state index contributed by atoms with van der Waals surface area (Å²) in [4.78, 5) is 62.8. The van der Waals surface area contributed by atoms with Crippen molar-refractivity contribution in [3.63, 3.8) is 0 Å². The summed E-state index contributed by atoms with van der Waals surface area (Å²) in [6, 6.07) is 17.9. The van der Waals surface area contributed by atoms with Crippen LogP contribution in [-0.2, 0) is 32.0 Å². The van der Waals surface area contributed by atoms with Gasteiger partial charge in [-0.3, -0.25) is 24.5 Å². The second-order valence-corrected chi connectivity index (χ2v) is 11.2. The van der Waals surface area contributed by atoms with Crippen molar-refractivity contribution in [3.8, 4) is 5.75 Å². The molecule has 3 aromatic rings. The monoisotopic (exact) mass is 618 g/mol. The van der Waals surface area contributed by atoms with Gasteiger partial charge in [0, 0.05) is 12.1 Å². The molecule has 0 heterocycles. The lowest BCUT2D eigenvalue weighted by Gasteiger charge is -2.30. The molecule has 3 aromatic carbocycles. The second-order valence-electron chi connectivity index (χ2n) is 11.2. The number of hydrogen-bond acceptors (Lipinski definition) is 7. The molecule has 7 N–H and O–H groups in total. The third-order valence-corrected chi connectivity index (χ3v) is 7.11. The van der Waals surface area contributed by atoms with Crippen molar-refractivity contribution >= 4 is 35.3 Å². The standard InChI is InChI=1S/C33H38N4O8/c1-20(34-26(31(43)44)18-11-21-7-5-4-6-8-21)28(39)37-33(2,3)32(45)36-27(19-22-9-16-25(38)17-10-22)29(40)35-24-14-12-23(13-15-24)30(41)42/h4-10,12-17,20,26-27,34,38H,11,18-19H2,1-3H3,(H,35,40)(H,36,45)(H,37,39)(H,41,42)(H,43,44)/t20-,26?,27-/m0/s1. The zero-order chi connectivity index (χ0) is 33.1. The van der Waals surface area contributed by atoms with Crippen LogP contribution in [0.4, 0.5) is 5.69 Å². The molecule has 12 heteroatoms. The summed E-state index contributed by atoms with van der Waals surface area (Å²) in [5.41, 5.74) is 0.427. The molecule has 0 fully saturated rings. The first kappa shape index (κ1) is 34.3. The van der Waals surface area contributed by atoms with Crippen LogP contribution in [0.3, 0.4) is 0 Å². The van der Waals surface area contributed by atoms with E-state index < -0.39 is 53.3 Å². The van der Waals surface area contributed by atoms with Crippen molar-refractivity contribution < 1.29 is 39.3 Å². The quantitative estimate of drug-likeness (QED) is 0.134. The van der Waals surface area contributed by atoms with E-state index in [9.17, 15) is 34.2 Å². The van der Waals surface area contributed by atoms with Gasteiger partial charge in [-0.15, -0.1) is 0 Å². The Labute approximate surface area is 260 Å². The zero-order valence-corrected chi connectivity index (χ0v) is 25.2. The molecule has 12 nitrogen and oxygen atoms in total. The van der Waals surface area contributed by atoms with Crippen molar-refractivity contribution in [3.05, 3.63) is 95.6 Å². The van der Waals surface area contributed by atoms with Gasteiger partial charge in [0.25, 0.3) is 0 Å². The molecule has 238 valence electrons. The summed E-state index contributed by atoms with van der Waals surface area (Å²) in [7, 11) is 0. The first-order valence-electron chi connectivity index (χ1n) is 14.3. The molecular weight excluding hydrogens is 580 g/mol. The molecule has 0 aromatic heterocycles. The van der Waals surface area contributed by atoms with Gasteiger partial charge in [-0.05, 0) is 81.1 Å². The number of amides is 3. The number of carboxylic acids is 2. The number of carboxylic acid groups (broad SMARTS) is 2. The van der Waals surface area contributed by atoms with Gasteiger partial charge in [0.2, 0.25) is 17.7 Å². The number of aromatic carboxylic acids is 1. The number of phenols is 1. The molecule has 3 amide bonds. The molecular formula is C33H38N4O8. The summed E-state index contributed by atoms with van der Waals surface area (Å²) in [5.74, 6) is -4.09. The van der Waals surface area contributed by atoms with Crippen LogP contribution in [0, 0.1) is 0 Å². The molecule has 0 aliphatic carbocycles. The van der Waals surface area contributed by atoms with E-state index in [0.717, 1.165) is 5.56 Å². The summed E-state index contributed by atoms with van der Waals surface area (Å²) < 4.78 is 0. The fourth-order valence-corrected chi connectivity index (χ4v) is 4.43. The maximum Gasteiger partial charge on any atom is 0.335 e. The van der Waals surface area contributed by atoms with Crippen molar-refractivity contribution in [2.24, 2.45) is 0 Å². The molecule has 0 saturated heterocycles. The van der Waals surface area contributed by atoms with Gasteiger partial charge in [0.15, 0.2) is 0 Å². The van der Waals surface area contributed by atoms with Gasteiger partial charge >= 0.3 is 11.9 Å². The highest BCUT2D eigenvalue weighted by atomic mass is 16.4. The molecule has 0 aliphatic heterocycles. The number of carbonyl (C=O) groups is 5. The number of rotatable bonds is 15. The van der Waals surface area contributed by atoms with E-state index in [0.29, 0.717) is 17.7 Å². The molecule has 0 saturated carbocycles. The van der Waals surface area contributed by atoms with Crippen LogP contribution in [0.15, 0.2) is 78.9 Å². The molecule has 45 heavy (non-hydrogen) atoms. The van der Waals surface area contributed by atoms with E-state index in [-0.39, 0.29) is 24.2 Å². The molecule has 3 rings (SSSR count). The number of nitrogens with one attached hydrogen (secondary N) is 4. The minimum absolute atomic E-state index is 0.0269. The molecule has 0 aliphatic rings. The maximum absolute atomic E-state index is 13.4. The molecule has 1 unspecified atom stereocenters. The van der Waals surface area contributed by atoms with E-state index in [1.54, 1.807) is 12.1 Å². The fourth-order valence-electron chi connectivity index (χ4n) is 4.43. The minimum Gasteiger partial charge on any atom is -0.508 e. The molecule has 0 radical (unpaired) electrons. The number of phenolic OH excluding ortho intramolecular Hbond substituents is 1. The average molecular weight is 619 g/mol. The highest BCUT2D eigenvalue weighted by Crippen LogP contribution is 2.15. The van der Waals surface area contributed by atoms with Crippen LogP contribution >= 0.6 is 0 Å². The first-order valence-corrected chi connectivity index (χ1v) is 14.3. The number of aromatic hydroxyl groups is 1. The Morgan fingerprint density at radius 1 is 0.778 bits per heavy atom. The Morgan fingerprint density at radius 3 is 1.98 bits per heavy atom. The average Bonchev–Trinajstić information content (AvgIpc) is 3.00. The maximum atomic E-state index is 13.4. The summed E-state index contributed by atoms with van der Waals surface area (Å²) >= 11 is 0. The molecule has 0 spiro atoms. The SMILES string of the molecule is C[C@H](NC(CCc1ccccc1)C(=O)O)C(=O)NC(C)(C)C(=O)N[C@@H](Cc1ccc(O)cc1)C(=O)Nc1ccc(C(=O)O)cc1. The van der Waals surface area contributed by atoms with E-state index >= 15 is 0 Å². The zero-order valence-electron chi connectivity index (χ0n) is 25.2. The molecule has 0 bridgehead atoms. The van der Waals surface area contributed by atoms with Crippen LogP contribution in [0.2, 0.25) is 0 Å². The van der Waals surface area contributed by atoms with Crippen LogP contribution in [0.25, 0.3) is 0 Å². The van der Waals surface area contributed by atoms with Gasteiger partial charge in [-0.25, -0.2) is 4.79 Å². The van der Waals surface area contributed by atoms with Crippen molar-refractivity contribution in [1.82, 2.24) is 16.0 Å². The van der Waals surface area contributed by atoms with Crippen LogP contribution in [0.1, 0.15) is 48.7 Å². The van der Waals surface area contributed by atoms with Gasteiger partial charge < -0.3 is 31.3 Å². The number of carbonyl (C=O) groups excluding carboxylic acids is 3. The predicted molar refractivity (Wildman–Crippen MR) is 167 cm³/mol. The number of benzene rings is 3. The summed E-state index contributed by atoms with van der Waals surface area (Å²) in [6.45, 7) is 4.41. The number of aryl methyl sites for hydroxylation is 1. The summed E-state index contributed by atoms with van der Waals surface area (Å²) in [5, 5.41) is 39.2. The van der Waals surface area contributed by atoms with Gasteiger partial charge in [0.05, 0.1) is 11.6 Å². The van der Waals surface area contributed by atoms with Crippen LogP contribution in [0.5, 0.6) is 5.75 Å². The van der Waals surface area contributed by atoms with Gasteiger partial charge in [-0.2, -0.15) is 0 Å². The fraction of sp³-hybridized carbons (Fsp3) is 0.303. The smallest absolute Gasteiger partial charge is 0.335 e. The normalized spacial score (nSPS) is 13.1. The van der Waals surface area contributed by atoms with Gasteiger partial charge in [0.1, 0.15) is 23.4 Å². The van der Waals surface area contributed by atoms with E-state index in [4.69, 9.17) is 5.11 Å². The van der Waals surface area contributed by atoms with Gasteiger partial charge in [-0.1, -0.05) is 42.5 Å². The first-order chi connectivity index (χ1) is 21.2. The van der Waals surface area contributed by atoms with Crippen molar-refractivity contribution in [1.29, 1.82) is 0 Å². The Morgan fingerprint density at radius 2 is 1.40 bits per heavy atom. The third kappa shape index (κ3) is 10.5. The van der Waals surface area contributed by atoms with E-state index in [2.05, 4.69) is 21.3 Å². The van der Waals surface area contributed by atoms with Crippen molar-refractivity contribution in [2.75, 3.05) is 5.32 Å². The number of hydrogen-bond donors (Lipinski definition) is 7. The largest absolute Gasteiger partial charge is 0.508 e. The lowest BCUT2D eigenvalue weighted by molar-refractivity contribution is -0.140. The Hall–Kier alpha value is -5.23. The van der Waals surface area contributed by atoms with E-state index in [1.807, 2.05) is 30.3 Å². The summed E-state index contributed by atoms with van der Waals surface area (Å²) in [6.07, 6.45) is 0.768. The van der Waals surface area contributed by atoms with E-state index in [1.165, 1.54) is 57.2 Å². The lowest BCUT2D eigenvalue weighted by Crippen LogP contribution is -2.61. The Bertz CT molecular complexity index is 1490. The minimum atomic E-state index is -1.51. The number of anilines is 1. The van der Waals surface area contributed by atoms with Crippen molar-refractivity contribution in [2.45, 2.75) is 63.7 Å².